The zero-order chi connectivity index (χ0) is 13.3. The molecule has 0 amide bonds. The molecule has 0 atom stereocenters. The number of aromatic nitrogens is 1. The highest BCUT2D eigenvalue weighted by Gasteiger charge is 2.15. The van der Waals surface area contributed by atoms with Crippen LogP contribution in [0.3, 0.4) is 0 Å². The Bertz CT molecular complexity index is 1100. The van der Waals surface area contributed by atoms with Crippen molar-refractivity contribution >= 4 is 38.1 Å². The highest BCUT2D eigenvalue weighted by Crippen LogP contribution is 2.38. The van der Waals surface area contributed by atoms with Crippen LogP contribution in [0.2, 0.25) is 0 Å². The standard InChI is InChI=1S/C19H13N/c1-12-9-10-18-16(11-12)15-7-4-6-14-13-5-2-3-8-17(13)20(18)19(14)15/h2-11H,1H3. The lowest BCUT2D eigenvalue weighted by atomic mass is 10.1. The molecule has 3 aromatic carbocycles. The molecule has 0 N–H and O–H groups in total. The molecular formula is C19H13N. The second-order valence-electron chi connectivity index (χ2n) is 5.57. The number of rotatable bonds is 0. The van der Waals surface area contributed by atoms with Crippen LogP contribution in [0.15, 0.2) is 60.7 Å². The van der Waals surface area contributed by atoms with Crippen molar-refractivity contribution < 1.29 is 0 Å². The van der Waals surface area contributed by atoms with E-state index in [4.69, 9.17) is 0 Å². The predicted octanol–water partition coefficient (Wildman–Crippen LogP) is 5.15. The van der Waals surface area contributed by atoms with Crippen LogP contribution in [-0.2, 0) is 0 Å². The number of para-hydroxylation sites is 2. The zero-order valence-corrected chi connectivity index (χ0v) is 11.2. The summed E-state index contributed by atoms with van der Waals surface area (Å²) in [5.74, 6) is 0. The number of benzene rings is 3. The molecule has 0 unspecified atom stereocenters. The van der Waals surface area contributed by atoms with Gasteiger partial charge in [-0.05, 0) is 25.1 Å². The number of nitrogens with zero attached hydrogens (tertiary/aromatic N) is 1. The first-order valence-corrected chi connectivity index (χ1v) is 6.98. The van der Waals surface area contributed by atoms with E-state index < -0.39 is 0 Å². The molecule has 2 aromatic heterocycles. The molecule has 94 valence electrons. The quantitative estimate of drug-likeness (QED) is 0.360. The smallest absolute Gasteiger partial charge is 0.0620 e. The van der Waals surface area contributed by atoms with Gasteiger partial charge in [0.15, 0.2) is 0 Å². The summed E-state index contributed by atoms with van der Waals surface area (Å²) in [6.07, 6.45) is 0. The summed E-state index contributed by atoms with van der Waals surface area (Å²) in [7, 11) is 0. The van der Waals surface area contributed by atoms with E-state index in [2.05, 4.69) is 72.0 Å². The van der Waals surface area contributed by atoms with Crippen LogP contribution in [-0.4, -0.2) is 4.40 Å². The molecule has 0 aliphatic rings. The molecule has 0 saturated heterocycles. The van der Waals surface area contributed by atoms with Crippen LogP contribution in [0.25, 0.3) is 38.1 Å². The van der Waals surface area contributed by atoms with Crippen molar-refractivity contribution in [1.82, 2.24) is 4.40 Å². The van der Waals surface area contributed by atoms with Crippen molar-refractivity contribution in [3.8, 4) is 0 Å². The van der Waals surface area contributed by atoms with E-state index in [0.29, 0.717) is 0 Å². The Morgan fingerprint density at radius 2 is 1.35 bits per heavy atom. The topological polar surface area (TPSA) is 4.41 Å². The Morgan fingerprint density at radius 1 is 0.650 bits per heavy atom. The lowest BCUT2D eigenvalue weighted by molar-refractivity contribution is 1.36. The van der Waals surface area contributed by atoms with Gasteiger partial charge in [-0.2, -0.15) is 0 Å². The molecule has 20 heavy (non-hydrogen) atoms. The van der Waals surface area contributed by atoms with Gasteiger partial charge >= 0.3 is 0 Å². The largest absolute Gasteiger partial charge is 0.308 e. The summed E-state index contributed by atoms with van der Waals surface area (Å²) < 4.78 is 2.41. The maximum absolute atomic E-state index is 2.41. The van der Waals surface area contributed by atoms with Crippen molar-refractivity contribution in [1.29, 1.82) is 0 Å². The molecule has 1 heteroatoms. The third-order valence-electron chi connectivity index (χ3n) is 4.38. The highest BCUT2D eigenvalue weighted by atomic mass is 14.9. The fourth-order valence-corrected chi connectivity index (χ4v) is 3.55. The van der Waals surface area contributed by atoms with Crippen LogP contribution < -0.4 is 0 Å². The molecule has 0 saturated carbocycles. The van der Waals surface area contributed by atoms with Crippen molar-refractivity contribution in [3.63, 3.8) is 0 Å². The molecule has 0 spiro atoms. The number of aryl methyl sites for hydroxylation is 1. The number of hydrogen-bond donors (Lipinski definition) is 0. The van der Waals surface area contributed by atoms with Gasteiger partial charge in [-0.1, -0.05) is 48.0 Å². The number of fused-ring (bicyclic) bond motifs is 6. The highest BCUT2D eigenvalue weighted by molar-refractivity contribution is 6.23. The molecule has 0 aliphatic heterocycles. The number of hydrogen-bond acceptors (Lipinski definition) is 0. The van der Waals surface area contributed by atoms with E-state index >= 15 is 0 Å². The molecule has 0 aliphatic carbocycles. The summed E-state index contributed by atoms with van der Waals surface area (Å²) in [5, 5.41) is 5.41. The minimum absolute atomic E-state index is 1.30. The third-order valence-corrected chi connectivity index (χ3v) is 4.38. The molecule has 5 aromatic rings. The summed E-state index contributed by atoms with van der Waals surface area (Å²) in [4.78, 5) is 0. The molecule has 0 bridgehead atoms. The first-order chi connectivity index (χ1) is 9.84. The van der Waals surface area contributed by atoms with Crippen molar-refractivity contribution in [2.45, 2.75) is 6.92 Å². The van der Waals surface area contributed by atoms with E-state index in [1.807, 2.05) is 0 Å². The van der Waals surface area contributed by atoms with Gasteiger partial charge in [0.05, 0.1) is 16.6 Å². The SMILES string of the molecule is Cc1ccc2c(c1)c1cccc3c4ccccc4n2c31. The van der Waals surface area contributed by atoms with E-state index in [9.17, 15) is 0 Å². The van der Waals surface area contributed by atoms with Crippen LogP contribution in [0.4, 0.5) is 0 Å². The maximum Gasteiger partial charge on any atom is 0.0620 e. The Kier molecular flexibility index (Phi) is 1.70. The molecule has 0 fully saturated rings. The molecular weight excluding hydrogens is 242 g/mol. The van der Waals surface area contributed by atoms with E-state index in [-0.39, 0.29) is 0 Å². The van der Waals surface area contributed by atoms with E-state index in [1.54, 1.807) is 0 Å². The maximum atomic E-state index is 2.41. The lowest BCUT2D eigenvalue weighted by Crippen LogP contribution is -1.80. The average molecular weight is 255 g/mol. The lowest BCUT2D eigenvalue weighted by Gasteiger charge is -1.98. The Labute approximate surface area is 116 Å². The van der Waals surface area contributed by atoms with Gasteiger partial charge in [-0.25, -0.2) is 0 Å². The minimum Gasteiger partial charge on any atom is -0.308 e. The van der Waals surface area contributed by atoms with Gasteiger partial charge in [0, 0.05) is 21.5 Å². The Hall–Kier alpha value is -2.54. The third kappa shape index (κ3) is 1.05. The molecule has 0 radical (unpaired) electrons. The molecule has 2 heterocycles. The summed E-state index contributed by atoms with van der Waals surface area (Å²) >= 11 is 0. The molecule has 1 nitrogen and oxygen atoms in total. The Balaban J connectivity index is 2.27. The summed E-state index contributed by atoms with van der Waals surface area (Å²) in [6.45, 7) is 2.16. The summed E-state index contributed by atoms with van der Waals surface area (Å²) in [6, 6.07) is 22.1. The van der Waals surface area contributed by atoms with Gasteiger partial charge in [0.1, 0.15) is 0 Å². The van der Waals surface area contributed by atoms with Gasteiger partial charge in [-0.15, -0.1) is 0 Å². The van der Waals surface area contributed by atoms with Crippen LogP contribution in [0.5, 0.6) is 0 Å². The monoisotopic (exact) mass is 255 g/mol. The first kappa shape index (κ1) is 10.3. The second kappa shape index (κ2) is 3.31. The van der Waals surface area contributed by atoms with Crippen LogP contribution >= 0.6 is 0 Å². The van der Waals surface area contributed by atoms with E-state index in [0.717, 1.165) is 0 Å². The van der Waals surface area contributed by atoms with Gasteiger partial charge in [0.2, 0.25) is 0 Å². The van der Waals surface area contributed by atoms with Crippen molar-refractivity contribution in [3.05, 3.63) is 66.2 Å². The van der Waals surface area contributed by atoms with Crippen molar-refractivity contribution in [2.24, 2.45) is 0 Å². The first-order valence-electron chi connectivity index (χ1n) is 6.98. The molecule has 5 rings (SSSR count). The van der Waals surface area contributed by atoms with Gasteiger partial charge in [0.25, 0.3) is 0 Å². The second-order valence-corrected chi connectivity index (χ2v) is 5.57. The zero-order valence-electron chi connectivity index (χ0n) is 11.2. The average Bonchev–Trinajstić information content (AvgIpc) is 2.98. The fourth-order valence-electron chi connectivity index (χ4n) is 3.55. The van der Waals surface area contributed by atoms with E-state index in [1.165, 1.54) is 43.7 Å². The fraction of sp³-hybridized carbons (Fsp3) is 0.0526. The van der Waals surface area contributed by atoms with Crippen molar-refractivity contribution in [2.75, 3.05) is 0 Å². The van der Waals surface area contributed by atoms with Gasteiger partial charge < -0.3 is 4.40 Å². The Morgan fingerprint density at radius 3 is 2.25 bits per heavy atom. The predicted molar refractivity (Wildman–Crippen MR) is 85.8 cm³/mol. The van der Waals surface area contributed by atoms with Gasteiger partial charge in [-0.3, -0.25) is 0 Å². The van der Waals surface area contributed by atoms with Crippen LogP contribution in [0.1, 0.15) is 5.56 Å². The summed E-state index contributed by atoms with van der Waals surface area (Å²) in [5.41, 5.74) is 5.28. The van der Waals surface area contributed by atoms with Crippen LogP contribution in [0, 0.1) is 6.92 Å². The minimum atomic E-state index is 1.30. The normalized spacial score (nSPS) is 12.2.